The average molecular weight is 528 g/mol. The van der Waals surface area contributed by atoms with Crippen molar-refractivity contribution in [1.82, 2.24) is 9.62 Å². The van der Waals surface area contributed by atoms with Crippen molar-refractivity contribution in [3.63, 3.8) is 0 Å². The smallest absolute Gasteiger partial charge is 0.303 e. The first-order valence-corrected chi connectivity index (χ1v) is 13.3. The van der Waals surface area contributed by atoms with E-state index in [1.54, 1.807) is 30.3 Å². The van der Waals surface area contributed by atoms with Crippen LogP contribution in [0.25, 0.3) is 0 Å². The van der Waals surface area contributed by atoms with Crippen LogP contribution in [0.2, 0.25) is 0 Å². The van der Waals surface area contributed by atoms with Gasteiger partial charge >= 0.3 is 10.2 Å². The van der Waals surface area contributed by atoms with Gasteiger partial charge in [-0.2, -0.15) is 12.7 Å². The lowest BCUT2D eigenvalue weighted by Gasteiger charge is -2.27. The Balaban J connectivity index is 1.63. The summed E-state index contributed by atoms with van der Waals surface area (Å²) in [5.74, 6) is -0.122. The molecule has 0 radical (unpaired) electrons. The van der Waals surface area contributed by atoms with E-state index in [-0.39, 0.29) is 23.6 Å². The first kappa shape index (κ1) is 28.1. The number of ether oxygens (including phenoxy) is 1. The van der Waals surface area contributed by atoms with E-state index < -0.39 is 16.0 Å². The van der Waals surface area contributed by atoms with E-state index in [0.29, 0.717) is 24.3 Å². The van der Waals surface area contributed by atoms with Crippen molar-refractivity contribution in [3.8, 4) is 5.75 Å². The molecule has 0 aliphatic heterocycles. The second kappa shape index (κ2) is 11.7. The third-order valence-corrected chi connectivity index (χ3v) is 7.55. The second-order valence-corrected chi connectivity index (χ2v) is 11.9. The van der Waals surface area contributed by atoms with Crippen molar-refractivity contribution >= 4 is 21.8 Å². The Labute approximate surface area is 219 Å². The van der Waals surface area contributed by atoms with E-state index in [4.69, 9.17) is 4.74 Å². The van der Waals surface area contributed by atoms with Crippen molar-refractivity contribution in [3.05, 3.63) is 95.3 Å². The minimum atomic E-state index is -3.96. The number of carbonyl (C=O) groups excluding carboxylic acids is 1. The molecule has 0 saturated heterocycles. The van der Waals surface area contributed by atoms with Crippen LogP contribution in [0, 0.1) is 5.82 Å². The lowest BCUT2D eigenvalue weighted by molar-refractivity contribution is 0.0946. The Morgan fingerprint density at radius 3 is 2.19 bits per heavy atom. The Bertz CT molecular complexity index is 1320. The molecule has 198 valence electrons. The quantitative estimate of drug-likeness (QED) is 0.386. The topological polar surface area (TPSA) is 79.0 Å². The molecule has 0 saturated carbocycles. The summed E-state index contributed by atoms with van der Waals surface area (Å²) >= 11 is 0. The largest absolute Gasteiger partial charge is 0.491 e. The fourth-order valence-corrected chi connectivity index (χ4v) is 4.81. The number of nitrogens with one attached hydrogen (secondary N) is 1. The third kappa shape index (κ3) is 7.08. The number of hydrogen-bond donors (Lipinski definition) is 1. The number of para-hydroxylation sites is 2. The van der Waals surface area contributed by atoms with Crippen molar-refractivity contribution < 1.29 is 22.3 Å². The molecule has 1 amide bonds. The Morgan fingerprint density at radius 2 is 1.57 bits per heavy atom. The minimum Gasteiger partial charge on any atom is -0.491 e. The SMILES string of the molecule is CN(C)S(=O)(=O)N(Cc1ccc(C(=O)NCCOc2ccccc2C(C)(C)C)cc1)c1ccccc1F. The summed E-state index contributed by atoms with van der Waals surface area (Å²) in [6.45, 7) is 6.90. The van der Waals surface area contributed by atoms with Crippen molar-refractivity contribution in [2.45, 2.75) is 32.7 Å². The monoisotopic (exact) mass is 527 g/mol. The van der Waals surface area contributed by atoms with Crippen molar-refractivity contribution in [1.29, 1.82) is 0 Å². The van der Waals surface area contributed by atoms with Crippen LogP contribution in [0.5, 0.6) is 5.75 Å². The Morgan fingerprint density at radius 1 is 0.946 bits per heavy atom. The van der Waals surface area contributed by atoms with Crippen LogP contribution in [-0.2, 0) is 22.2 Å². The molecule has 3 aromatic rings. The predicted octanol–water partition coefficient (Wildman–Crippen LogP) is 4.75. The molecule has 0 spiro atoms. The van der Waals surface area contributed by atoms with Crippen molar-refractivity contribution in [2.75, 3.05) is 31.6 Å². The maximum atomic E-state index is 14.5. The number of hydrogen-bond acceptors (Lipinski definition) is 4. The highest BCUT2D eigenvalue weighted by molar-refractivity contribution is 7.90. The lowest BCUT2D eigenvalue weighted by atomic mass is 9.86. The second-order valence-electron chi connectivity index (χ2n) is 9.80. The number of benzene rings is 3. The average Bonchev–Trinajstić information content (AvgIpc) is 2.85. The summed E-state index contributed by atoms with van der Waals surface area (Å²) in [6.07, 6.45) is 0. The van der Waals surface area contributed by atoms with E-state index in [0.717, 1.165) is 19.9 Å². The predicted molar refractivity (Wildman–Crippen MR) is 145 cm³/mol. The van der Waals surface area contributed by atoms with Gasteiger partial charge in [0.1, 0.15) is 18.2 Å². The highest BCUT2D eigenvalue weighted by Gasteiger charge is 2.27. The number of nitrogens with zero attached hydrogens (tertiary/aromatic N) is 2. The van der Waals surface area contributed by atoms with E-state index in [9.17, 15) is 17.6 Å². The summed E-state index contributed by atoms with van der Waals surface area (Å²) in [7, 11) is -1.17. The molecule has 37 heavy (non-hydrogen) atoms. The molecule has 7 nitrogen and oxygen atoms in total. The normalized spacial score (nSPS) is 11.9. The molecular formula is C28H34FN3O4S. The Kier molecular flexibility index (Phi) is 8.94. The van der Waals surface area contributed by atoms with Crippen LogP contribution < -0.4 is 14.4 Å². The molecule has 0 atom stereocenters. The van der Waals surface area contributed by atoms with Gasteiger partial charge in [-0.25, -0.2) is 4.39 Å². The zero-order valence-corrected chi connectivity index (χ0v) is 22.7. The van der Waals surface area contributed by atoms with Gasteiger partial charge in [-0.15, -0.1) is 0 Å². The first-order chi connectivity index (χ1) is 17.4. The van der Waals surface area contributed by atoms with Gasteiger partial charge in [0.15, 0.2) is 0 Å². The molecule has 0 heterocycles. The van der Waals surface area contributed by atoms with Crippen LogP contribution in [0.4, 0.5) is 10.1 Å². The summed E-state index contributed by atoms with van der Waals surface area (Å²) in [6, 6.07) is 20.1. The number of halogens is 1. The highest BCUT2D eigenvalue weighted by Crippen LogP contribution is 2.31. The number of anilines is 1. The van der Waals surface area contributed by atoms with Gasteiger partial charge in [-0.05, 0) is 46.9 Å². The number of rotatable bonds is 10. The van der Waals surface area contributed by atoms with E-state index >= 15 is 0 Å². The fourth-order valence-electron chi connectivity index (χ4n) is 3.71. The molecule has 3 rings (SSSR count). The third-order valence-electron chi connectivity index (χ3n) is 5.74. The standard InChI is InChI=1S/C28H34FN3O4S/c1-28(2,3)23-10-6-9-13-26(23)36-19-18-30-27(33)22-16-14-21(15-17-22)20-32(37(34,35)31(4)5)25-12-8-7-11-24(25)29/h6-17H,18-20H2,1-5H3,(H,30,33). The maximum absolute atomic E-state index is 14.5. The van der Waals surface area contributed by atoms with Crippen LogP contribution in [0.3, 0.4) is 0 Å². The molecule has 1 N–H and O–H groups in total. The van der Waals surface area contributed by atoms with Gasteiger partial charge in [0.05, 0.1) is 18.8 Å². The molecule has 0 unspecified atom stereocenters. The van der Waals surface area contributed by atoms with Crippen LogP contribution in [-0.4, -0.2) is 45.9 Å². The first-order valence-electron chi connectivity index (χ1n) is 12.0. The van der Waals surface area contributed by atoms with E-state index in [2.05, 4.69) is 26.1 Å². The van der Waals surface area contributed by atoms with Crippen LogP contribution in [0.1, 0.15) is 42.3 Å². The molecule has 0 aromatic heterocycles. The summed E-state index contributed by atoms with van der Waals surface area (Å²) in [5, 5.41) is 2.83. The number of amides is 1. The van der Waals surface area contributed by atoms with Gasteiger partial charge in [-0.3, -0.25) is 9.10 Å². The molecule has 0 fully saturated rings. The van der Waals surface area contributed by atoms with E-state index in [1.165, 1.54) is 32.3 Å². The molecule has 0 aliphatic rings. The summed E-state index contributed by atoms with van der Waals surface area (Å²) in [5.41, 5.74) is 2.01. The fraction of sp³-hybridized carbons (Fsp3) is 0.321. The number of carbonyl (C=O) groups is 1. The van der Waals surface area contributed by atoms with Gasteiger partial charge < -0.3 is 10.1 Å². The highest BCUT2D eigenvalue weighted by atomic mass is 32.2. The summed E-state index contributed by atoms with van der Waals surface area (Å²) in [4.78, 5) is 12.6. The van der Waals surface area contributed by atoms with Gasteiger partial charge in [-0.1, -0.05) is 63.2 Å². The molecule has 9 heteroatoms. The van der Waals surface area contributed by atoms with Crippen molar-refractivity contribution in [2.24, 2.45) is 0 Å². The molecular weight excluding hydrogens is 493 g/mol. The van der Waals surface area contributed by atoms with Crippen LogP contribution in [0.15, 0.2) is 72.8 Å². The Hall–Kier alpha value is -3.43. The zero-order chi connectivity index (χ0) is 27.2. The van der Waals surface area contributed by atoms with E-state index in [1.807, 2.05) is 24.3 Å². The van der Waals surface area contributed by atoms with Gasteiger partial charge in [0.2, 0.25) is 0 Å². The van der Waals surface area contributed by atoms with Crippen LogP contribution >= 0.6 is 0 Å². The minimum absolute atomic E-state index is 0.0500. The zero-order valence-electron chi connectivity index (χ0n) is 21.9. The molecule has 0 aliphatic carbocycles. The van der Waals surface area contributed by atoms with Gasteiger partial charge in [0.25, 0.3) is 5.91 Å². The van der Waals surface area contributed by atoms with Gasteiger partial charge in [0, 0.05) is 19.7 Å². The molecule has 0 bridgehead atoms. The maximum Gasteiger partial charge on any atom is 0.303 e. The molecule has 3 aromatic carbocycles. The summed E-state index contributed by atoms with van der Waals surface area (Å²) < 4.78 is 48.2. The lowest BCUT2D eigenvalue weighted by Crippen LogP contribution is -2.40.